The summed E-state index contributed by atoms with van der Waals surface area (Å²) in [6.07, 6.45) is 3.93. The Morgan fingerprint density at radius 1 is 1.47 bits per heavy atom. The Labute approximate surface area is 113 Å². The van der Waals surface area contributed by atoms with E-state index in [0.717, 1.165) is 31.8 Å². The fourth-order valence-electron chi connectivity index (χ4n) is 2.17. The summed E-state index contributed by atoms with van der Waals surface area (Å²) in [7, 11) is 0. The predicted molar refractivity (Wildman–Crippen MR) is 72.2 cm³/mol. The second-order valence-electron chi connectivity index (χ2n) is 6.09. The molecule has 1 aliphatic rings. The second kappa shape index (κ2) is 5.28. The number of rotatable bonds is 3. The van der Waals surface area contributed by atoms with Crippen LogP contribution in [0.5, 0.6) is 0 Å². The van der Waals surface area contributed by atoms with E-state index in [0.29, 0.717) is 5.69 Å². The zero-order chi connectivity index (χ0) is 14.0. The van der Waals surface area contributed by atoms with Crippen molar-refractivity contribution in [3.8, 4) is 0 Å². The molecule has 1 fully saturated rings. The molecule has 0 saturated carbocycles. The van der Waals surface area contributed by atoms with Crippen LogP contribution in [0.25, 0.3) is 0 Å². The van der Waals surface area contributed by atoms with Crippen LogP contribution in [0.15, 0.2) is 6.20 Å². The summed E-state index contributed by atoms with van der Waals surface area (Å²) >= 11 is 0. The van der Waals surface area contributed by atoms with Crippen molar-refractivity contribution >= 4 is 5.91 Å². The Kier molecular flexibility index (Phi) is 3.89. The lowest BCUT2D eigenvalue weighted by molar-refractivity contribution is -0.133. The first-order valence-electron chi connectivity index (χ1n) is 6.83. The van der Waals surface area contributed by atoms with Gasteiger partial charge in [-0.15, -0.1) is 5.10 Å². The summed E-state index contributed by atoms with van der Waals surface area (Å²) in [5.41, 5.74) is 6.12. The van der Waals surface area contributed by atoms with E-state index in [2.05, 4.69) is 17.2 Å². The van der Waals surface area contributed by atoms with Gasteiger partial charge in [-0.05, 0) is 32.6 Å². The summed E-state index contributed by atoms with van der Waals surface area (Å²) in [6, 6.07) is 0. The Bertz CT molecular complexity index is 440. The molecule has 0 spiro atoms. The fraction of sp³-hybridized carbons (Fsp3) is 0.769. The van der Waals surface area contributed by atoms with Gasteiger partial charge in [-0.25, -0.2) is 4.68 Å². The normalized spacial score (nSPS) is 17.8. The van der Waals surface area contributed by atoms with Crippen molar-refractivity contribution in [1.29, 1.82) is 0 Å². The van der Waals surface area contributed by atoms with Crippen LogP contribution in [0.3, 0.4) is 0 Å². The van der Waals surface area contributed by atoms with Gasteiger partial charge in [0.2, 0.25) is 5.91 Å². The van der Waals surface area contributed by atoms with Crippen molar-refractivity contribution in [1.82, 2.24) is 19.9 Å². The first-order chi connectivity index (χ1) is 8.86. The molecule has 0 bridgehead atoms. The smallest absolute Gasteiger partial charge is 0.244 e. The maximum Gasteiger partial charge on any atom is 0.244 e. The molecule has 0 aliphatic carbocycles. The number of hydrogen-bond donors (Lipinski definition) is 1. The molecule has 0 aromatic carbocycles. The van der Waals surface area contributed by atoms with Crippen LogP contribution in [-0.2, 0) is 16.9 Å². The number of nitrogens with two attached hydrogens (primary N) is 1. The Morgan fingerprint density at radius 3 is 2.63 bits per heavy atom. The highest BCUT2D eigenvalue weighted by Crippen LogP contribution is 2.16. The third-order valence-corrected chi connectivity index (χ3v) is 3.63. The first-order valence-corrected chi connectivity index (χ1v) is 6.83. The largest absolute Gasteiger partial charge is 0.341 e. The van der Waals surface area contributed by atoms with Crippen molar-refractivity contribution in [3.63, 3.8) is 0 Å². The van der Waals surface area contributed by atoms with Gasteiger partial charge in [-0.2, -0.15) is 0 Å². The van der Waals surface area contributed by atoms with Gasteiger partial charge in [0.15, 0.2) is 0 Å². The zero-order valence-corrected chi connectivity index (χ0v) is 12.0. The number of hydrogen-bond acceptors (Lipinski definition) is 4. The lowest BCUT2D eigenvalue weighted by atomic mass is 9.99. The molecule has 1 aliphatic heterocycles. The van der Waals surface area contributed by atoms with E-state index in [1.165, 1.54) is 0 Å². The number of nitrogens with zero attached hydrogens (tertiary/aromatic N) is 4. The Hall–Kier alpha value is -1.43. The van der Waals surface area contributed by atoms with Gasteiger partial charge in [0.25, 0.3) is 0 Å². The summed E-state index contributed by atoms with van der Waals surface area (Å²) in [4.78, 5) is 14.1. The van der Waals surface area contributed by atoms with Crippen LogP contribution in [-0.4, -0.2) is 38.9 Å². The van der Waals surface area contributed by atoms with Crippen LogP contribution in [0.4, 0.5) is 0 Å². The van der Waals surface area contributed by atoms with Crippen LogP contribution in [0.1, 0.15) is 39.3 Å². The highest BCUT2D eigenvalue weighted by molar-refractivity contribution is 5.75. The minimum atomic E-state index is -0.526. The van der Waals surface area contributed by atoms with Crippen molar-refractivity contribution in [2.45, 2.75) is 45.7 Å². The third kappa shape index (κ3) is 3.53. The summed E-state index contributed by atoms with van der Waals surface area (Å²) in [6.45, 7) is 7.92. The van der Waals surface area contributed by atoms with Crippen LogP contribution < -0.4 is 5.73 Å². The standard InChI is InChI=1S/C13H23N5O/c1-10-4-6-17(7-5-10)12(19)9-18-8-11(15-16-18)13(2,3)14/h8,10H,4-7,9,14H2,1-3H3. The molecular formula is C13H23N5O. The highest BCUT2D eigenvalue weighted by Gasteiger charge is 2.22. The topological polar surface area (TPSA) is 77.0 Å². The molecule has 1 aromatic rings. The minimum Gasteiger partial charge on any atom is -0.341 e. The van der Waals surface area contributed by atoms with E-state index >= 15 is 0 Å². The molecule has 2 rings (SSSR count). The number of amides is 1. The molecular weight excluding hydrogens is 242 g/mol. The fourth-order valence-corrected chi connectivity index (χ4v) is 2.17. The molecule has 0 unspecified atom stereocenters. The number of carbonyl (C=O) groups excluding carboxylic acids is 1. The Morgan fingerprint density at radius 2 is 2.11 bits per heavy atom. The molecule has 6 heteroatoms. The first kappa shape index (κ1) is 14.0. The lowest BCUT2D eigenvalue weighted by Gasteiger charge is -2.30. The Balaban J connectivity index is 1.94. The zero-order valence-electron chi connectivity index (χ0n) is 12.0. The van der Waals surface area contributed by atoms with Crippen molar-refractivity contribution in [2.75, 3.05) is 13.1 Å². The summed E-state index contributed by atoms with van der Waals surface area (Å²) in [5, 5.41) is 7.99. The van der Waals surface area contributed by atoms with Crippen molar-refractivity contribution in [3.05, 3.63) is 11.9 Å². The number of carbonyl (C=O) groups is 1. The monoisotopic (exact) mass is 265 g/mol. The van der Waals surface area contributed by atoms with Crippen molar-refractivity contribution < 1.29 is 4.79 Å². The van der Waals surface area contributed by atoms with Gasteiger partial charge < -0.3 is 10.6 Å². The molecule has 106 valence electrons. The SMILES string of the molecule is CC1CCN(C(=O)Cn2cc(C(C)(C)N)nn2)CC1. The van der Waals surface area contributed by atoms with Gasteiger partial charge >= 0.3 is 0 Å². The summed E-state index contributed by atoms with van der Waals surface area (Å²) < 4.78 is 1.57. The molecule has 1 saturated heterocycles. The van der Waals surface area contributed by atoms with E-state index in [4.69, 9.17) is 5.73 Å². The van der Waals surface area contributed by atoms with Crippen LogP contribution >= 0.6 is 0 Å². The van der Waals surface area contributed by atoms with Gasteiger partial charge in [0.1, 0.15) is 12.2 Å². The van der Waals surface area contributed by atoms with Crippen LogP contribution in [0, 0.1) is 5.92 Å². The van der Waals surface area contributed by atoms with E-state index in [1.807, 2.05) is 18.7 Å². The minimum absolute atomic E-state index is 0.109. The van der Waals surface area contributed by atoms with E-state index in [-0.39, 0.29) is 12.5 Å². The summed E-state index contributed by atoms with van der Waals surface area (Å²) in [5.74, 6) is 0.832. The number of piperidine rings is 1. The van der Waals surface area contributed by atoms with E-state index < -0.39 is 5.54 Å². The van der Waals surface area contributed by atoms with Crippen molar-refractivity contribution in [2.24, 2.45) is 11.7 Å². The third-order valence-electron chi connectivity index (χ3n) is 3.63. The molecule has 1 amide bonds. The average molecular weight is 265 g/mol. The number of aromatic nitrogens is 3. The molecule has 0 atom stereocenters. The molecule has 0 radical (unpaired) electrons. The van der Waals surface area contributed by atoms with E-state index in [1.54, 1.807) is 10.9 Å². The van der Waals surface area contributed by atoms with Crippen LogP contribution in [0.2, 0.25) is 0 Å². The van der Waals surface area contributed by atoms with Gasteiger partial charge in [-0.1, -0.05) is 12.1 Å². The van der Waals surface area contributed by atoms with Gasteiger partial charge in [0.05, 0.1) is 11.7 Å². The number of likely N-dealkylation sites (tertiary alicyclic amines) is 1. The molecule has 19 heavy (non-hydrogen) atoms. The molecule has 2 N–H and O–H groups in total. The van der Waals surface area contributed by atoms with Gasteiger partial charge in [0, 0.05) is 13.1 Å². The quantitative estimate of drug-likeness (QED) is 0.874. The molecule has 6 nitrogen and oxygen atoms in total. The average Bonchev–Trinajstić information content (AvgIpc) is 2.78. The maximum absolute atomic E-state index is 12.1. The molecule has 1 aromatic heterocycles. The molecule has 2 heterocycles. The maximum atomic E-state index is 12.1. The highest BCUT2D eigenvalue weighted by atomic mass is 16.2. The second-order valence-corrected chi connectivity index (χ2v) is 6.09. The lowest BCUT2D eigenvalue weighted by Crippen LogP contribution is -2.39. The predicted octanol–water partition coefficient (Wildman–Crippen LogP) is 0.730. The van der Waals surface area contributed by atoms with Gasteiger partial charge in [-0.3, -0.25) is 4.79 Å². The van der Waals surface area contributed by atoms with E-state index in [9.17, 15) is 4.79 Å².